The van der Waals surface area contributed by atoms with Gasteiger partial charge in [-0.25, -0.2) is 0 Å². The number of hydrogen-bond donors (Lipinski definition) is 0. The predicted octanol–water partition coefficient (Wildman–Crippen LogP) is 1.75. The highest BCUT2D eigenvalue weighted by atomic mass is 19.1. The molecule has 0 aliphatic rings. The van der Waals surface area contributed by atoms with Crippen LogP contribution in [0, 0.1) is 0 Å². The molecule has 0 aromatic carbocycles. The number of rotatable bonds is 2. The topological polar surface area (TPSA) is 9.23 Å². The molecule has 44 valence electrons. The van der Waals surface area contributed by atoms with Gasteiger partial charge in [-0.1, -0.05) is 6.58 Å². The summed E-state index contributed by atoms with van der Waals surface area (Å²) in [6, 6.07) is 0. The molecule has 0 fully saturated rings. The lowest BCUT2D eigenvalue weighted by atomic mass is 10.9. The lowest BCUT2D eigenvalue weighted by molar-refractivity contribution is 0.270. The Balaban J connectivity index is 0. The fourth-order valence-corrected chi connectivity index (χ4v) is 0.118. The molecule has 0 bridgehead atoms. The Morgan fingerprint density at radius 3 is 2.14 bits per heavy atom. The third-order valence-electron chi connectivity index (χ3n) is 0.285. The van der Waals surface area contributed by atoms with Crippen LogP contribution in [0.1, 0.15) is 6.92 Å². The van der Waals surface area contributed by atoms with E-state index in [0.29, 0.717) is 7.18 Å². The van der Waals surface area contributed by atoms with E-state index in [0.717, 1.165) is 6.61 Å². The van der Waals surface area contributed by atoms with E-state index in [2.05, 4.69) is 11.3 Å². The van der Waals surface area contributed by atoms with E-state index < -0.39 is 0 Å². The molecule has 2 heteroatoms. The summed E-state index contributed by atoms with van der Waals surface area (Å²) in [6.07, 6.45) is 1.43. The van der Waals surface area contributed by atoms with Crippen LogP contribution in [0.5, 0.6) is 0 Å². The van der Waals surface area contributed by atoms with E-state index in [1.807, 2.05) is 6.92 Å². The van der Waals surface area contributed by atoms with E-state index in [1.54, 1.807) is 0 Å². The molecule has 0 saturated carbocycles. The standard InChI is InChI=1S/C4H8O.CH3F/c1-3-5-4-2;1-2/h3H,1,4H2,2H3;1H3. The van der Waals surface area contributed by atoms with Crippen molar-refractivity contribution in [2.45, 2.75) is 6.92 Å². The van der Waals surface area contributed by atoms with Gasteiger partial charge in [0.15, 0.2) is 0 Å². The molecule has 0 aliphatic heterocycles. The van der Waals surface area contributed by atoms with E-state index in [1.165, 1.54) is 6.26 Å². The van der Waals surface area contributed by atoms with Crippen molar-refractivity contribution in [2.75, 3.05) is 13.8 Å². The minimum atomic E-state index is 0.500. The van der Waals surface area contributed by atoms with Crippen LogP contribution in [0.4, 0.5) is 4.39 Å². The summed E-state index contributed by atoms with van der Waals surface area (Å²) in [6.45, 7) is 5.97. The molecule has 1 nitrogen and oxygen atoms in total. The van der Waals surface area contributed by atoms with Crippen molar-refractivity contribution in [3.8, 4) is 0 Å². The van der Waals surface area contributed by atoms with Crippen molar-refractivity contribution in [1.82, 2.24) is 0 Å². The van der Waals surface area contributed by atoms with Crippen molar-refractivity contribution < 1.29 is 9.13 Å². The minimum absolute atomic E-state index is 0.500. The lowest BCUT2D eigenvalue weighted by Crippen LogP contribution is -1.72. The molecule has 0 N–H and O–H groups in total. The summed E-state index contributed by atoms with van der Waals surface area (Å²) in [5.74, 6) is 0. The third kappa shape index (κ3) is 30.5. The van der Waals surface area contributed by atoms with Crippen LogP contribution in [0.15, 0.2) is 12.8 Å². The van der Waals surface area contributed by atoms with Gasteiger partial charge in [0, 0.05) is 0 Å². The predicted molar refractivity (Wildman–Crippen MR) is 28.9 cm³/mol. The average molecular weight is 106 g/mol. The molecule has 0 unspecified atom stereocenters. The molecule has 0 heterocycles. The van der Waals surface area contributed by atoms with Crippen LogP contribution in [-0.2, 0) is 4.74 Å². The Bertz CT molecular complexity index is 29.3. The Hall–Kier alpha value is -0.530. The van der Waals surface area contributed by atoms with Crippen molar-refractivity contribution in [3.05, 3.63) is 12.8 Å². The molecule has 0 atom stereocenters. The second kappa shape index (κ2) is 17.9. The molecule has 0 amide bonds. The summed E-state index contributed by atoms with van der Waals surface area (Å²) in [5, 5.41) is 0. The third-order valence-corrected chi connectivity index (χ3v) is 0.285. The van der Waals surface area contributed by atoms with Crippen molar-refractivity contribution in [1.29, 1.82) is 0 Å². The molecule has 0 radical (unpaired) electrons. The van der Waals surface area contributed by atoms with E-state index in [9.17, 15) is 4.39 Å². The van der Waals surface area contributed by atoms with Crippen molar-refractivity contribution in [2.24, 2.45) is 0 Å². The zero-order chi connectivity index (χ0) is 6.12. The maximum Gasteiger partial charge on any atom is 0.0844 e. The van der Waals surface area contributed by atoms with Crippen LogP contribution in [0.25, 0.3) is 0 Å². The first-order valence-corrected chi connectivity index (χ1v) is 2.02. The Labute approximate surface area is 43.8 Å². The molecule has 0 aromatic heterocycles. The maximum atomic E-state index is 9.50. The van der Waals surface area contributed by atoms with Crippen molar-refractivity contribution >= 4 is 0 Å². The van der Waals surface area contributed by atoms with Gasteiger partial charge in [0.25, 0.3) is 0 Å². The summed E-state index contributed by atoms with van der Waals surface area (Å²) in [7, 11) is 0.500. The first-order valence-electron chi connectivity index (χ1n) is 2.02. The van der Waals surface area contributed by atoms with Crippen molar-refractivity contribution in [3.63, 3.8) is 0 Å². The lowest BCUT2D eigenvalue weighted by Gasteiger charge is -1.84. The molecular formula is C5H11FO. The molecule has 0 aliphatic carbocycles. The molecule has 0 aromatic rings. The number of halogens is 1. The summed E-state index contributed by atoms with van der Waals surface area (Å²) >= 11 is 0. The Morgan fingerprint density at radius 2 is 2.14 bits per heavy atom. The first-order chi connectivity index (χ1) is 3.41. The van der Waals surface area contributed by atoms with Gasteiger partial charge in [-0.05, 0) is 6.92 Å². The smallest absolute Gasteiger partial charge is 0.0844 e. The monoisotopic (exact) mass is 106 g/mol. The zero-order valence-electron chi connectivity index (χ0n) is 4.78. The number of hydrogen-bond acceptors (Lipinski definition) is 1. The normalized spacial score (nSPS) is 5.57. The minimum Gasteiger partial charge on any atom is -0.502 e. The summed E-state index contributed by atoms with van der Waals surface area (Å²) in [4.78, 5) is 0. The van der Waals surface area contributed by atoms with Gasteiger partial charge in [0.2, 0.25) is 0 Å². The molecule has 0 rings (SSSR count). The molecule has 0 spiro atoms. The van der Waals surface area contributed by atoms with Crippen LogP contribution >= 0.6 is 0 Å². The number of ether oxygens (including phenoxy) is 1. The quantitative estimate of drug-likeness (QED) is 0.487. The highest BCUT2D eigenvalue weighted by Crippen LogP contribution is 1.65. The Morgan fingerprint density at radius 1 is 1.71 bits per heavy atom. The maximum absolute atomic E-state index is 9.50. The highest BCUT2D eigenvalue weighted by Gasteiger charge is 1.55. The SMILES string of the molecule is C=COCC.CF. The number of alkyl halides is 1. The summed E-state index contributed by atoms with van der Waals surface area (Å²) < 4.78 is 14.1. The fourth-order valence-electron chi connectivity index (χ4n) is 0.118. The molecule has 0 saturated heterocycles. The van der Waals surface area contributed by atoms with E-state index in [4.69, 9.17) is 0 Å². The van der Waals surface area contributed by atoms with Gasteiger partial charge < -0.3 is 4.74 Å². The largest absolute Gasteiger partial charge is 0.502 e. The fraction of sp³-hybridized carbons (Fsp3) is 0.600. The van der Waals surface area contributed by atoms with Gasteiger partial charge in [-0.15, -0.1) is 0 Å². The second-order valence-corrected chi connectivity index (χ2v) is 0.622. The molecular weight excluding hydrogens is 95.1 g/mol. The average Bonchev–Trinajstić information content (AvgIpc) is 1.75. The molecule has 7 heavy (non-hydrogen) atoms. The Kier molecular flexibility index (Phi) is 24.8. The van der Waals surface area contributed by atoms with E-state index in [-0.39, 0.29) is 0 Å². The van der Waals surface area contributed by atoms with Crippen LogP contribution in [0.3, 0.4) is 0 Å². The zero-order valence-corrected chi connectivity index (χ0v) is 4.78. The first kappa shape index (κ1) is 9.69. The van der Waals surface area contributed by atoms with Gasteiger partial charge in [-0.2, -0.15) is 0 Å². The van der Waals surface area contributed by atoms with Crippen LogP contribution in [-0.4, -0.2) is 13.8 Å². The van der Waals surface area contributed by atoms with Gasteiger partial charge in [0.1, 0.15) is 0 Å². The van der Waals surface area contributed by atoms with E-state index >= 15 is 0 Å². The summed E-state index contributed by atoms with van der Waals surface area (Å²) in [5.41, 5.74) is 0. The van der Waals surface area contributed by atoms with Gasteiger partial charge >= 0.3 is 0 Å². The van der Waals surface area contributed by atoms with Crippen LogP contribution in [0.2, 0.25) is 0 Å². The van der Waals surface area contributed by atoms with Crippen LogP contribution < -0.4 is 0 Å². The second-order valence-electron chi connectivity index (χ2n) is 0.622. The highest BCUT2D eigenvalue weighted by molar-refractivity contribution is 4.45. The van der Waals surface area contributed by atoms with Gasteiger partial charge in [-0.3, -0.25) is 4.39 Å². The van der Waals surface area contributed by atoms with Gasteiger partial charge in [0.05, 0.1) is 20.0 Å².